The van der Waals surface area contributed by atoms with Crippen LogP contribution in [0, 0.1) is 6.92 Å². The number of aromatic nitrogens is 1. The van der Waals surface area contributed by atoms with Gasteiger partial charge in [-0.25, -0.2) is 4.79 Å². The first kappa shape index (κ1) is 10.2. The number of pyridine rings is 1. The van der Waals surface area contributed by atoms with Crippen LogP contribution >= 0.6 is 0 Å². The Kier molecular flexibility index (Phi) is 3.17. The van der Waals surface area contributed by atoms with Gasteiger partial charge in [0.1, 0.15) is 0 Å². The van der Waals surface area contributed by atoms with Gasteiger partial charge in [-0.3, -0.25) is 9.78 Å². The van der Waals surface area contributed by atoms with Gasteiger partial charge in [0.2, 0.25) is 6.41 Å². The van der Waals surface area contributed by atoms with E-state index >= 15 is 0 Å². The number of aryl methyl sites for hydroxylation is 1. The number of hydrogen-bond acceptors (Lipinski definition) is 3. The first-order valence-electron chi connectivity index (χ1n) is 4.00. The van der Waals surface area contributed by atoms with Crippen LogP contribution in [0.5, 0.6) is 0 Å². The lowest BCUT2D eigenvalue weighted by atomic mass is 10.0. The lowest BCUT2D eigenvalue weighted by Gasteiger charge is -2.12. The van der Waals surface area contributed by atoms with E-state index in [0.29, 0.717) is 12.0 Å². The van der Waals surface area contributed by atoms with Crippen LogP contribution in [0.25, 0.3) is 0 Å². The molecule has 0 fully saturated rings. The molecule has 1 atom stereocenters. The van der Waals surface area contributed by atoms with E-state index in [1.165, 1.54) is 6.20 Å². The van der Waals surface area contributed by atoms with Crippen molar-refractivity contribution in [3.8, 4) is 0 Å². The molecule has 14 heavy (non-hydrogen) atoms. The molecule has 0 saturated heterocycles. The summed E-state index contributed by atoms with van der Waals surface area (Å²) in [5.41, 5.74) is 1.27. The molecule has 0 aliphatic carbocycles. The van der Waals surface area contributed by atoms with E-state index in [-0.39, 0.29) is 0 Å². The van der Waals surface area contributed by atoms with Crippen LogP contribution in [0.2, 0.25) is 0 Å². The van der Waals surface area contributed by atoms with E-state index in [0.717, 1.165) is 5.56 Å². The van der Waals surface area contributed by atoms with Crippen LogP contribution in [0.4, 0.5) is 0 Å². The number of carbonyl (C=O) groups excluding carboxylic acids is 1. The normalized spacial score (nSPS) is 11.8. The van der Waals surface area contributed by atoms with Crippen LogP contribution in [-0.4, -0.2) is 22.5 Å². The minimum absolute atomic E-state index is 0.366. The van der Waals surface area contributed by atoms with Crippen LogP contribution in [-0.2, 0) is 9.59 Å². The third-order valence-electron chi connectivity index (χ3n) is 1.87. The maximum absolute atomic E-state index is 10.8. The highest BCUT2D eigenvalue weighted by atomic mass is 16.4. The quantitative estimate of drug-likeness (QED) is 0.674. The topological polar surface area (TPSA) is 79.3 Å². The predicted molar refractivity (Wildman–Crippen MR) is 48.6 cm³/mol. The van der Waals surface area contributed by atoms with Gasteiger partial charge in [-0.1, -0.05) is 0 Å². The summed E-state index contributed by atoms with van der Waals surface area (Å²) in [5, 5.41) is 11.1. The maximum Gasteiger partial charge on any atom is 0.330 e. The molecule has 0 radical (unpaired) electrons. The Balaban J connectivity index is 3.04. The van der Waals surface area contributed by atoms with Crippen molar-refractivity contribution < 1.29 is 14.7 Å². The first-order valence-corrected chi connectivity index (χ1v) is 4.00. The third kappa shape index (κ3) is 2.07. The molecule has 1 unspecified atom stereocenters. The van der Waals surface area contributed by atoms with Gasteiger partial charge in [0.25, 0.3) is 0 Å². The van der Waals surface area contributed by atoms with Gasteiger partial charge in [-0.2, -0.15) is 0 Å². The standard InChI is InChI=1S/C9H10N2O3/c1-6-2-3-10-4-7(6)8(9(13)14)11-5-12/h2-5,8H,1H3,(H,11,12)(H,13,14). The van der Waals surface area contributed by atoms with Crippen LogP contribution < -0.4 is 5.32 Å². The van der Waals surface area contributed by atoms with E-state index in [1.807, 2.05) is 0 Å². The van der Waals surface area contributed by atoms with Crippen LogP contribution in [0.3, 0.4) is 0 Å². The Labute approximate surface area is 80.8 Å². The molecule has 1 heterocycles. The highest BCUT2D eigenvalue weighted by molar-refractivity contribution is 5.78. The Bertz CT molecular complexity index is 352. The number of rotatable bonds is 4. The van der Waals surface area contributed by atoms with Crippen LogP contribution in [0.1, 0.15) is 17.2 Å². The molecule has 0 aliphatic heterocycles. The number of nitrogens with zero attached hydrogens (tertiary/aromatic N) is 1. The molecule has 0 bridgehead atoms. The average molecular weight is 194 g/mol. The highest BCUT2D eigenvalue weighted by Gasteiger charge is 2.20. The highest BCUT2D eigenvalue weighted by Crippen LogP contribution is 2.15. The fourth-order valence-electron chi connectivity index (χ4n) is 1.14. The fraction of sp³-hybridized carbons (Fsp3) is 0.222. The van der Waals surface area contributed by atoms with Gasteiger partial charge in [0.15, 0.2) is 6.04 Å². The zero-order valence-electron chi connectivity index (χ0n) is 7.60. The van der Waals surface area contributed by atoms with Gasteiger partial charge in [0, 0.05) is 18.0 Å². The second-order valence-electron chi connectivity index (χ2n) is 2.79. The number of nitrogens with one attached hydrogen (secondary N) is 1. The Morgan fingerprint density at radius 3 is 2.93 bits per heavy atom. The van der Waals surface area contributed by atoms with Crippen molar-refractivity contribution in [1.29, 1.82) is 0 Å². The zero-order valence-corrected chi connectivity index (χ0v) is 7.60. The lowest BCUT2D eigenvalue weighted by molar-refractivity contribution is -0.140. The zero-order chi connectivity index (χ0) is 10.6. The minimum atomic E-state index is -1.10. The molecule has 74 valence electrons. The molecule has 1 amide bonds. The molecular weight excluding hydrogens is 184 g/mol. The molecule has 5 heteroatoms. The van der Waals surface area contributed by atoms with Crippen LogP contribution in [0.15, 0.2) is 18.5 Å². The Hall–Kier alpha value is -1.91. The van der Waals surface area contributed by atoms with Crippen molar-refractivity contribution in [3.63, 3.8) is 0 Å². The van der Waals surface area contributed by atoms with Gasteiger partial charge >= 0.3 is 5.97 Å². The summed E-state index contributed by atoms with van der Waals surface area (Å²) in [6.45, 7) is 1.76. The molecule has 0 spiro atoms. The molecule has 1 rings (SSSR count). The summed E-state index contributed by atoms with van der Waals surface area (Å²) in [7, 11) is 0. The van der Waals surface area contributed by atoms with Gasteiger partial charge in [-0.05, 0) is 18.6 Å². The molecule has 2 N–H and O–H groups in total. The molecule has 0 aromatic carbocycles. The van der Waals surface area contributed by atoms with E-state index in [1.54, 1.807) is 19.2 Å². The molecule has 5 nitrogen and oxygen atoms in total. The van der Waals surface area contributed by atoms with Gasteiger partial charge in [0.05, 0.1) is 0 Å². The second-order valence-corrected chi connectivity index (χ2v) is 2.79. The van der Waals surface area contributed by atoms with Gasteiger partial charge < -0.3 is 10.4 Å². The third-order valence-corrected chi connectivity index (χ3v) is 1.87. The van der Waals surface area contributed by atoms with Crippen molar-refractivity contribution in [2.24, 2.45) is 0 Å². The largest absolute Gasteiger partial charge is 0.479 e. The van der Waals surface area contributed by atoms with Gasteiger partial charge in [-0.15, -0.1) is 0 Å². The SMILES string of the molecule is Cc1ccncc1C(NC=O)C(=O)O. The van der Waals surface area contributed by atoms with Crippen molar-refractivity contribution in [2.75, 3.05) is 0 Å². The van der Waals surface area contributed by atoms with Crippen molar-refractivity contribution in [3.05, 3.63) is 29.6 Å². The smallest absolute Gasteiger partial charge is 0.330 e. The number of aliphatic carboxylic acids is 1. The summed E-state index contributed by atoms with van der Waals surface area (Å²) in [5.74, 6) is -1.10. The van der Waals surface area contributed by atoms with E-state index in [4.69, 9.17) is 5.11 Å². The average Bonchev–Trinajstić information content (AvgIpc) is 2.15. The molecule has 1 aromatic heterocycles. The lowest BCUT2D eigenvalue weighted by Crippen LogP contribution is -2.28. The van der Waals surface area contributed by atoms with Crippen molar-refractivity contribution in [2.45, 2.75) is 13.0 Å². The monoisotopic (exact) mass is 194 g/mol. The Morgan fingerprint density at radius 2 is 2.43 bits per heavy atom. The minimum Gasteiger partial charge on any atom is -0.479 e. The summed E-state index contributed by atoms with van der Waals surface area (Å²) in [6, 6.07) is 0.666. The second kappa shape index (κ2) is 4.36. The van der Waals surface area contributed by atoms with Crippen molar-refractivity contribution >= 4 is 12.4 Å². The van der Waals surface area contributed by atoms with Crippen molar-refractivity contribution in [1.82, 2.24) is 10.3 Å². The molecule has 0 aliphatic rings. The predicted octanol–water partition coefficient (Wildman–Crippen LogP) is 0.262. The molecule has 1 aromatic rings. The number of carbonyl (C=O) groups is 2. The Morgan fingerprint density at radius 1 is 1.71 bits per heavy atom. The fourth-order valence-corrected chi connectivity index (χ4v) is 1.14. The number of amides is 1. The first-order chi connectivity index (χ1) is 6.66. The summed E-state index contributed by atoms with van der Waals surface area (Å²) in [6.07, 6.45) is 3.37. The number of carboxylic acids is 1. The molecular formula is C9H10N2O3. The summed E-state index contributed by atoms with van der Waals surface area (Å²) in [4.78, 5) is 24.8. The maximum atomic E-state index is 10.8. The molecule has 0 saturated carbocycles. The van der Waals surface area contributed by atoms with E-state index in [2.05, 4.69) is 10.3 Å². The number of carboxylic acid groups (broad SMARTS) is 1. The summed E-state index contributed by atoms with van der Waals surface area (Å²) >= 11 is 0. The number of hydrogen-bond donors (Lipinski definition) is 2. The van der Waals surface area contributed by atoms with E-state index in [9.17, 15) is 9.59 Å². The van der Waals surface area contributed by atoms with E-state index < -0.39 is 12.0 Å². The summed E-state index contributed by atoms with van der Waals surface area (Å²) < 4.78 is 0.